The molecule has 0 aliphatic heterocycles. The molecule has 0 saturated carbocycles. The van der Waals surface area contributed by atoms with E-state index in [9.17, 15) is 0 Å². The van der Waals surface area contributed by atoms with E-state index in [-0.39, 0.29) is 0 Å². The molecule has 171 valence electrons. The normalized spacial score (nSPS) is 11.0. The molecular weight excluding hydrogens is 350 g/mol. The minimum atomic E-state index is 0.748. The van der Waals surface area contributed by atoms with Gasteiger partial charge < -0.3 is 0 Å². The third-order valence-electron chi connectivity index (χ3n) is 6.29. The molecule has 1 heteroatoms. The van der Waals surface area contributed by atoms with Crippen LogP contribution in [0.25, 0.3) is 0 Å². The first kappa shape index (κ1) is 28.5. The Balaban J connectivity index is 2.98. The molecule has 0 amide bonds. The summed E-state index contributed by atoms with van der Waals surface area (Å²) in [7, 11) is 0. The Labute approximate surface area is 185 Å². The van der Waals surface area contributed by atoms with Crippen molar-refractivity contribution in [2.75, 3.05) is 0 Å². The van der Waals surface area contributed by atoms with E-state index in [2.05, 4.69) is 13.0 Å². The van der Waals surface area contributed by atoms with Crippen LogP contribution in [0, 0.1) is 18.3 Å². The minimum Gasteiger partial charge on any atom is -0.198 e. The zero-order valence-corrected chi connectivity index (χ0v) is 20.0. The predicted molar refractivity (Wildman–Crippen MR) is 131 cm³/mol. The van der Waals surface area contributed by atoms with Crippen molar-refractivity contribution in [3.8, 4) is 6.07 Å². The number of unbranched alkanes of at least 4 members (excludes halogenated alkanes) is 25. The summed E-state index contributed by atoms with van der Waals surface area (Å²) in [6, 6.07) is 2.23. The highest BCUT2D eigenvalue weighted by molar-refractivity contribution is 4.67. The molecule has 1 nitrogen and oxygen atoms in total. The SMILES string of the molecule is [CH2]CCCCCCCCCCCCCCCCCCCCCCCCCCC#N. The van der Waals surface area contributed by atoms with Gasteiger partial charge in [0.25, 0.3) is 0 Å². The first-order valence-corrected chi connectivity index (χ1v) is 13.6. The van der Waals surface area contributed by atoms with Crippen LogP contribution in [0.15, 0.2) is 0 Å². The van der Waals surface area contributed by atoms with Gasteiger partial charge in [0.1, 0.15) is 0 Å². The summed E-state index contributed by atoms with van der Waals surface area (Å²) in [6.45, 7) is 3.91. The second-order valence-corrected chi connectivity index (χ2v) is 9.25. The molecule has 0 aromatic rings. The van der Waals surface area contributed by atoms with Gasteiger partial charge in [-0.1, -0.05) is 161 Å². The lowest BCUT2D eigenvalue weighted by Crippen LogP contribution is -1.84. The Hall–Kier alpha value is -0.510. The summed E-state index contributed by atoms with van der Waals surface area (Å²) in [6.07, 6.45) is 35.9. The fourth-order valence-electron chi connectivity index (χ4n) is 4.27. The molecule has 0 aromatic heterocycles. The van der Waals surface area contributed by atoms with Crippen LogP contribution in [0.3, 0.4) is 0 Å². The Morgan fingerprint density at radius 2 is 0.552 bits per heavy atom. The van der Waals surface area contributed by atoms with E-state index in [0.29, 0.717) is 0 Å². The van der Waals surface area contributed by atoms with Crippen molar-refractivity contribution >= 4 is 0 Å². The maximum absolute atomic E-state index is 8.50. The number of nitriles is 1. The maximum Gasteiger partial charge on any atom is 0.0621 e. The number of nitrogens with zero attached hydrogens (tertiary/aromatic N) is 1. The first-order valence-electron chi connectivity index (χ1n) is 13.6. The van der Waals surface area contributed by atoms with E-state index in [1.807, 2.05) is 0 Å². The van der Waals surface area contributed by atoms with Crippen LogP contribution in [0.5, 0.6) is 0 Å². The van der Waals surface area contributed by atoms with Crippen molar-refractivity contribution < 1.29 is 0 Å². The zero-order valence-electron chi connectivity index (χ0n) is 20.0. The van der Waals surface area contributed by atoms with Gasteiger partial charge in [-0.05, 0) is 6.42 Å². The predicted octanol–water partition coefficient (Wildman–Crippen LogP) is 10.5. The van der Waals surface area contributed by atoms with Crippen LogP contribution in [0.2, 0.25) is 0 Å². The molecule has 29 heavy (non-hydrogen) atoms. The van der Waals surface area contributed by atoms with Gasteiger partial charge >= 0.3 is 0 Å². The maximum atomic E-state index is 8.50. The number of hydrogen-bond donors (Lipinski definition) is 0. The van der Waals surface area contributed by atoms with Gasteiger partial charge in [-0.3, -0.25) is 0 Å². The highest BCUT2D eigenvalue weighted by Gasteiger charge is 1.96. The van der Waals surface area contributed by atoms with Gasteiger partial charge in [-0.25, -0.2) is 0 Å². The van der Waals surface area contributed by atoms with E-state index in [1.165, 1.54) is 148 Å². The second-order valence-electron chi connectivity index (χ2n) is 9.25. The van der Waals surface area contributed by atoms with E-state index in [0.717, 1.165) is 19.3 Å². The van der Waals surface area contributed by atoms with Gasteiger partial charge in [-0.15, -0.1) is 0 Å². The minimum absolute atomic E-state index is 0.748. The fourth-order valence-corrected chi connectivity index (χ4v) is 4.27. The van der Waals surface area contributed by atoms with E-state index in [1.54, 1.807) is 0 Å². The van der Waals surface area contributed by atoms with Crippen molar-refractivity contribution in [2.24, 2.45) is 0 Å². The average molecular weight is 405 g/mol. The molecule has 0 heterocycles. The number of rotatable bonds is 25. The van der Waals surface area contributed by atoms with Gasteiger partial charge in [-0.2, -0.15) is 5.26 Å². The third kappa shape index (κ3) is 27.5. The topological polar surface area (TPSA) is 23.8 Å². The first-order chi connectivity index (χ1) is 14.4. The highest BCUT2D eigenvalue weighted by Crippen LogP contribution is 2.15. The lowest BCUT2D eigenvalue weighted by molar-refractivity contribution is 0.517. The molecule has 0 spiro atoms. The second kappa shape index (κ2) is 27.5. The summed E-state index contributed by atoms with van der Waals surface area (Å²) in [4.78, 5) is 0. The molecule has 0 N–H and O–H groups in total. The molecular formula is C28H54N. The highest BCUT2D eigenvalue weighted by atomic mass is 14.2. The summed E-state index contributed by atoms with van der Waals surface area (Å²) in [5.41, 5.74) is 0. The largest absolute Gasteiger partial charge is 0.198 e. The average Bonchev–Trinajstić information content (AvgIpc) is 2.74. The smallest absolute Gasteiger partial charge is 0.0621 e. The van der Waals surface area contributed by atoms with Crippen molar-refractivity contribution in [3.05, 3.63) is 6.92 Å². The Morgan fingerprint density at radius 3 is 0.759 bits per heavy atom. The molecule has 1 radical (unpaired) electrons. The van der Waals surface area contributed by atoms with Crippen LogP contribution in [0.4, 0.5) is 0 Å². The summed E-state index contributed by atoms with van der Waals surface area (Å²) < 4.78 is 0. The number of hydrogen-bond acceptors (Lipinski definition) is 1. The lowest BCUT2D eigenvalue weighted by atomic mass is 10.0. The molecule has 0 atom stereocenters. The molecule has 0 bridgehead atoms. The molecule has 0 saturated heterocycles. The van der Waals surface area contributed by atoms with E-state index < -0.39 is 0 Å². The van der Waals surface area contributed by atoms with E-state index >= 15 is 0 Å². The molecule has 0 aliphatic carbocycles. The van der Waals surface area contributed by atoms with Gasteiger partial charge in [0, 0.05) is 6.42 Å². The molecule has 0 aliphatic rings. The van der Waals surface area contributed by atoms with Gasteiger partial charge in [0.15, 0.2) is 0 Å². The molecule has 0 aromatic carbocycles. The quantitative estimate of drug-likeness (QED) is 0.139. The molecule has 0 rings (SSSR count). The lowest BCUT2D eigenvalue weighted by Gasteiger charge is -2.04. The van der Waals surface area contributed by atoms with Crippen LogP contribution >= 0.6 is 0 Å². The van der Waals surface area contributed by atoms with Crippen LogP contribution in [0.1, 0.15) is 167 Å². The molecule has 0 fully saturated rings. The zero-order chi connectivity index (χ0) is 21.1. The van der Waals surface area contributed by atoms with Crippen LogP contribution < -0.4 is 0 Å². The van der Waals surface area contributed by atoms with Crippen molar-refractivity contribution in [3.63, 3.8) is 0 Å². The summed E-state index contributed by atoms with van der Waals surface area (Å²) in [5, 5.41) is 8.50. The van der Waals surface area contributed by atoms with Gasteiger partial charge in [0.05, 0.1) is 6.07 Å². The van der Waals surface area contributed by atoms with Crippen molar-refractivity contribution in [1.82, 2.24) is 0 Å². The molecule has 0 unspecified atom stereocenters. The fraction of sp³-hybridized carbons (Fsp3) is 0.929. The van der Waals surface area contributed by atoms with Crippen LogP contribution in [-0.2, 0) is 0 Å². The Morgan fingerprint density at radius 1 is 0.345 bits per heavy atom. The summed E-state index contributed by atoms with van der Waals surface area (Å²) >= 11 is 0. The van der Waals surface area contributed by atoms with Crippen molar-refractivity contribution in [1.29, 1.82) is 5.26 Å². The monoisotopic (exact) mass is 404 g/mol. The Bertz CT molecular complexity index is 317. The third-order valence-corrected chi connectivity index (χ3v) is 6.29. The standard InChI is InChI=1S/C28H54N/c1-2-3-4-5-6-7-8-9-10-11-12-13-14-15-16-17-18-19-20-21-22-23-24-25-26-27-28-29/h1-27H2. The summed E-state index contributed by atoms with van der Waals surface area (Å²) in [5.74, 6) is 0. The Kier molecular flexibility index (Phi) is 27.0. The van der Waals surface area contributed by atoms with Gasteiger partial charge in [0.2, 0.25) is 0 Å². The van der Waals surface area contributed by atoms with Crippen molar-refractivity contribution in [2.45, 2.75) is 167 Å². The van der Waals surface area contributed by atoms with Crippen LogP contribution in [-0.4, -0.2) is 0 Å². The van der Waals surface area contributed by atoms with E-state index in [4.69, 9.17) is 5.26 Å².